The van der Waals surface area contributed by atoms with Crippen molar-refractivity contribution in [1.82, 2.24) is 4.98 Å². The second-order valence-electron chi connectivity index (χ2n) is 5.38. The topological polar surface area (TPSA) is 68.3 Å². The summed E-state index contributed by atoms with van der Waals surface area (Å²) in [4.78, 5) is 3.80. The van der Waals surface area contributed by atoms with E-state index in [1.807, 2.05) is 0 Å². The molecule has 11 heteroatoms. The number of aromatic nitrogens is 1. The predicted octanol–water partition coefficient (Wildman–Crippen LogP) is 7.05. The van der Waals surface area contributed by atoms with Crippen LogP contribution in [0.5, 0.6) is 11.5 Å². The Morgan fingerprint density at radius 2 is 1.68 bits per heavy atom. The third-order valence-corrected chi connectivity index (χ3v) is 6.60. The number of pyridine rings is 1. The van der Waals surface area contributed by atoms with Crippen LogP contribution < -0.4 is 9.46 Å². The van der Waals surface area contributed by atoms with Crippen molar-refractivity contribution in [1.29, 1.82) is 0 Å². The van der Waals surface area contributed by atoms with Gasteiger partial charge in [0, 0.05) is 21.8 Å². The van der Waals surface area contributed by atoms with E-state index >= 15 is 0 Å². The largest absolute Gasteiger partial charge is 0.454 e. The lowest BCUT2D eigenvalue weighted by Gasteiger charge is -2.14. The lowest BCUT2D eigenvalue weighted by molar-refractivity contribution is 0.480. The van der Waals surface area contributed by atoms with E-state index in [-0.39, 0.29) is 26.4 Å². The van der Waals surface area contributed by atoms with Gasteiger partial charge in [-0.15, -0.1) is 0 Å². The van der Waals surface area contributed by atoms with Crippen molar-refractivity contribution < 1.29 is 13.2 Å². The molecule has 5 nitrogen and oxygen atoms in total. The standard InChI is InChI=1S/C17H9BrCl4N2O3S/c18-12-5-16(27-11-3-10(20)7-23-8-11)13(21)6-15(12)24-28(25,26)17-2-1-9(19)4-14(17)22/h1-8,24H. The first kappa shape index (κ1) is 21.5. The molecule has 1 aromatic heterocycles. The van der Waals surface area contributed by atoms with E-state index in [9.17, 15) is 8.42 Å². The van der Waals surface area contributed by atoms with Gasteiger partial charge in [0.05, 0.1) is 27.0 Å². The fourth-order valence-electron chi connectivity index (χ4n) is 2.15. The minimum absolute atomic E-state index is 0.00405. The summed E-state index contributed by atoms with van der Waals surface area (Å²) in [5.41, 5.74) is 0.201. The molecule has 28 heavy (non-hydrogen) atoms. The average Bonchev–Trinajstić information content (AvgIpc) is 2.58. The van der Waals surface area contributed by atoms with Crippen LogP contribution in [0.1, 0.15) is 0 Å². The van der Waals surface area contributed by atoms with Crippen LogP contribution in [-0.4, -0.2) is 13.4 Å². The number of hydrogen-bond donors (Lipinski definition) is 1. The molecule has 0 atom stereocenters. The summed E-state index contributed by atoms with van der Waals surface area (Å²) in [5, 5.41) is 0.890. The fourth-order valence-corrected chi connectivity index (χ4v) is 4.92. The summed E-state index contributed by atoms with van der Waals surface area (Å²) in [7, 11) is -3.97. The number of ether oxygens (including phenoxy) is 1. The fraction of sp³-hybridized carbons (Fsp3) is 0. The van der Waals surface area contributed by atoms with Crippen molar-refractivity contribution in [2.75, 3.05) is 4.72 Å². The summed E-state index contributed by atoms with van der Waals surface area (Å²) in [5.74, 6) is 0.660. The van der Waals surface area contributed by atoms with Crippen molar-refractivity contribution in [3.8, 4) is 11.5 Å². The SMILES string of the molecule is O=S(=O)(Nc1cc(Cl)c(Oc2cncc(Cl)c2)cc1Br)c1ccc(Cl)cc1Cl. The van der Waals surface area contributed by atoms with Crippen LogP contribution in [0.25, 0.3) is 0 Å². The number of anilines is 1. The first-order chi connectivity index (χ1) is 13.2. The molecule has 1 heterocycles. The highest BCUT2D eigenvalue weighted by Crippen LogP contribution is 2.38. The van der Waals surface area contributed by atoms with Crippen LogP contribution in [0.2, 0.25) is 20.1 Å². The molecular formula is C17H9BrCl4N2O3S. The molecule has 2 aromatic carbocycles. The van der Waals surface area contributed by atoms with Gasteiger partial charge in [-0.2, -0.15) is 0 Å². The molecule has 3 rings (SSSR count). The van der Waals surface area contributed by atoms with E-state index in [0.29, 0.717) is 20.3 Å². The van der Waals surface area contributed by atoms with Gasteiger partial charge in [0.2, 0.25) is 0 Å². The average molecular weight is 543 g/mol. The summed E-state index contributed by atoms with van der Waals surface area (Å²) in [6, 6.07) is 8.57. The Kier molecular flexibility index (Phi) is 6.64. The Balaban J connectivity index is 1.90. The van der Waals surface area contributed by atoms with Gasteiger partial charge in [-0.1, -0.05) is 46.4 Å². The quantitative estimate of drug-likeness (QED) is 0.375. The van der Waals surface area contributed by atoms with Crippen LogP contribution in [0.15, 0.2) is 58.2 Å². The molecule has 0 aliphatic heterocycles. The van der Waals surface area contributed by atoms with Crippen molar-refractivity contribution in [2.45, 2.75) is 4.90 Å². The number of sulfonamides is 1. The van der Waals surface area contributed by atoms with Crippen LogP contribution in [-0.2, 0) is 10.0 Å². The zero-order valence-electron chi connectivity index (χ0n) is 13.6. The van der Waals surface area contributed by atoms with Crippen molar-refractivity contribution in [3.63, 3.8) is 0 Å². The highest BCUT2D eigenvalue weighted by atomic mass is 79.9. The molecule has 0 spiro atoms. The third-order valence-electron chi connectivity index (χ3n) is 3.36. The van der Waals surface area contributed by atoms with Gasteiger partial charge < -0.3 is 4.74 Å². The molecule has 0 radical (unpaired) electrons. The Bertz CT molecular complexity index is 1160. The molecular weight excluding hydrogens is 534 g/mol. The van der Waals surface area contributed by atoms with Crippen molar-refractivity contribution in [3.05, 3.63) is 73.4 Å². The van der Waals surface area contributed by atoms with Crippen LogP contribution in [0.4, 0.5) is 5.69 Å². The minimum Gasteiger partial charge on any atom is -0.454 e. The molecule has 0 amide bonds. The van der Waals surface area contributed by atoms with Gasteiger partial charge in [-0.05, 0) is 46.3 Å². The Labute approximate surface area is 189 Å². The zero-order chi connectivity index (χ0) is 20.5. The van der Waals surface area contributed by atoms with E-state index in [1.165, 1.54) is 42.7 Å². The maximum absolute atomic E-state index is 12.7. The molecule has 0 saturated heterocycles. The molecule has 0 bridgehead atoms. The Hall–Kier alpha value is -1.22. The van der Waals surface area contributed by atoms with Crippen LogP contribution in [0, 0.1) is 0 Å². The number of halogens is 5. The van der Waals surface area contributed by atoms with Gasteiger partial charge in [0.1, 0.15) is 16.4 Å². The second-order valence-corrected chi connectivity index (χ2v) is 9.58. The molecule has 146 valence electrons. The van der Waals surface area contributed by atoms with E-state index in [2.05, 4.69) is 25.6 Å². The predicted molar refractivity (Wildman–Crippen MR) is 116 cm³/mol. The van der Waals surface area contributed by atoms with E-state index in [4.69, 9.17) is 51.1 Å². The molecule has 0 saturated carbocycles. The van der Waals surface area contributed by atoms with Gasteiger partial charge in [0.15, 0.2) is 0 Å². The first-order valence-electron chi connectivity index (χ1n) is 7.41. The van der Waals surface area contributed by atoms with Crippen molar-refractivity contribution >= 4 is 78.0 Å². The van der Waals surface area contributed by atoms with E-state index < -0.39 is 10.0 Å². The highest BCUT2D eigenvalue weighted by Gasteiger charge is 2.20. The molecule has 1 N–H and O–H groups in total. The van der Waals surface area contributed by atoms with Gasteiger partial charge >= 0.3 is 0 Å². The maximum Gasteiger partial charge on any atom is 0.263 e. The monoisotopic (exact) mass is 540 g/mol. The second kappa shape index (κ2) is 8.65. The summed E-state index contributed by atoms with van der Waals surface area (Å²) < 4.78 is 33.8. The number of nitrogens with one attached hydrogen (secondary N) is 1. The van der Waals surface area contributed by atoms with Gasteiger partial charge in [-0.25, -0.2) is 8.42 Å². The number of rotatable bonds is 5. The number of benzene rings is 2. The van der Waals surface area contributed by atoms with E-state index in [0.717, 1.165) is 0 Å². The summed E-state index contributed by atoms with van der Waals surface area (Å²) in [6.07, 6.45) is 2.93. The molecule has 0 aliphatic carbocycles. The van der Waals surface area contributed by atoms with E-state index in [1.54, 1.807) is 6.07 Å². The number of nitrogens with zero attached hydrogens (tertiary/aromatic N) is 1. The lowest BCUT2D eigenvalue weighted by Crippen LogP contribution is -2.14. The third kappa shape index (κ3) is 5.03. The van der Waals surface area contributed by atoms with Crippen molar-refractivity contribution in [2.24, 2.45) is 0 Å². The van der Waals surface area contributed by atoms with Gasteiger partial charge in [0.25, 0.3) is 10.0 Å². The molecule has 0 aliphatic rings. The minimum atomic E-state index is -3.97. The summed E-state index contributed by atoms with van der Waals surface area (Å²) >= 11 is 27.2. The van der Waals surface area contributed by atoms with Gasteiger partial charge in [-0.3, -0.25) is 9.71 Å². The maximum atomic E-state index is 12.7. The Morgan fingerprint density at radius 3 is 2.36 bits per heavy atom. The first-order valence-corrected chi connectivity index (χ1v) is 11.2. The smallest absolute Gasteiger partial charge is 0.263 e. The molecule has 0 unspecified atom stereocenters. The number of hydrogen-bond acceptors (Lipinski definition) is 4. The van der Waals surface area contributed by atoms with Crippen LogP contribution in [0.3, 0.4) is 0 Å². The zero-order valence-corrected chi connectivity index (χ0v) is 19.0. The lowest BCUT2D eigenvalue weighted by atomic mass is 10.3. The van der Waals surface area contributed by atoms with Crippen LogP contribution >= 0.6 is 62.3 Å². The Morgan fingerprint density at radius 1 is 0.929 bits per heavy atom. The molecule has 3 aromatic rings. The molecule has 0 fully saturated rings. The highest BCUT2D eigenvalue weighted by molar-refractivity contribution is 9.10. The summed E-state index contributed by atoms with van der Waals surface area (Å²) in [6.45, 7) is 0. The normalized spacial score (nSPS) is 11.3.